The van der Waals surface area contributed by atoms with Gasteiger partial charge in [-0.1, -0.05) is 6.07 Å². The highest BCUT2D eigenvalue weighted by Gasteiger charge is 2.36. The summed E-state index contributed by atoms with van der Waals surface area (Å²) in [6.07, 6.45) is 3.88. The molecular formula is C18H18F2N2O2. The van der Waals surface area contributed by atoms with Gasteiger partial charge in [0.05, 0.1) is 18.6 Å². The Bertz CT molecular complexity index is 718. The van der Waals surface area contributed by atoms with Crippen LogP contribution in [0.3, 0.4) is 0 Å². The second kappa shape index (κ2) is 7.05. The van der Waals surface area contributed by atoms with Gasteiger partial charge in [-0.05, 0) is 42.5 Å². The lowest BCUT2D eigenvalue weighted by molar-refractivity contribution is -0.122. The van der Waals surface area contributed by atoms with Crippen molar-refractivity contribution < 1.29 is 18.7 Å². The van der Waals surface area contributed by atoms with Crippen molar-refractivity contribution in [3.05, 3.63) is 65.5 Å². The number of halogens is 2. The highest BCUT2D eigenvalue weighted by atomic mass is 19.1. The van der Waals surface area contributed by atoms with Crippen molar-refractivity contribution in [3.63, 3.8) is 0 Å². The zero-order chi connectivity index (χ0) is 17.1. The number of hydrogen-bond acceptors (Lipinski definition) is 3. The molecule has 0 bridgehead atoms. The Morgan fingerprint density at radius 1 is 1.25 bits per heavy atom. The van der Waals surface area contributed by atoms with E-state index in [1.54, 1.807) is 24.5 Å². The number of carbonyl (C=O) groups is 1. The van der Waals surface area contributed by atoms with E-state index in [9.17, 15) is 18.7 Å². The van der Waals surface area contributed by atoms with Gasteiger partial charge in [0.15, 0.2) is 0 Å². The van der Waals surface area contributed by atoms with E-state index in [1.165, 1.54) is 12.1 Å². The number of nitrogens with one attached hydrogen (secondary N) is 1. The zero-order valence-electron chi connectivity index (χ0n) is 13.0. The van der Waals surface area contributed by atoms with Crippen LogP contribution in [0, 0.1) is 17.6 Å². The topological polar surface area (TPSA) is 62.2 Å². The second-order valence-electron chi connectivity index (χ2n) is 6.13. The van der Waals surface area contributed by atoms with Crippen LogP contribution in [0.15, 0.2) is 42.7 Å². The van der Waals surface area contributed by atoms with E-state index in [2.05, 4.69) is 10.3 Å². The predicted octanol–water partition coefficient (Wildman–Crippen LogP) is 2.53. The number of nitrogens with zero attached hydrogens (tertiary/aromatic N) is 1. The Kier molecular flexibility index (Phi) is 4.85. The van der Waals surface area contributed by atoms with Gasteiger partial charge in [0, 0.05) is 24.0 Å². The highest BCUT2D eigenvalue weighted by Crippen LogP contribution is 2.39. The molecule has 0 saturated heterocycles. The minimum atomic E-state index is -0.689. The number of aliphatic hydroxyl groups is 1. The molecule has 2 N–H and O–H groups in total. The van der Waals surface area contributed by atoms with Crippen molar-refractivity contribution in [2.45, 2.75) is 31.4 Å². The van der Waals surface area contributed by atoms with Crippen molar-refractivity contribution in [2.75, 3.05) is 0 Å². The summed E-state index contributed by atoms with van der Waals surface area (Å²) in [6, 6.07) is 6.23. The first kappa shape index (κ1) is 16.5. The number of hydrogen-bond donors (Lipinski definition) is 2. The number of rotatable bonds is 5. The smallest absolute Gasteiger partial charge is 0.224 e. The molecule has 0 unspecified atom stereocenters. The quantitative estimate of drug-likeness (QED) is 0.884. The third-order valence-corrected chi connectivity index (χ3v) is 4.35. The molecule has 1 atom stereocenters. The van der Waals surface area contributed by atoms with Crippen LogP contribution in [0.5, 0.6) is 0 Å². The molecule has 1 fully saturated rings. The lowest BCUT2D eigenvalue weighted by Crippen LogP contribution is -2.42. The van der Waals surface area contributed by atoms with Gasteiger partial charge in [0.1, 0.15) is 11.6 Å². The second-order valence-corrected chi connectivity index (χ2v) is 6.13. The molecule has 1 saturated carbocycles. The van der Waals surface area contributed by atoms with Gasteiger partial charge < -0.3 is 10.4 Å². The number of benzene rings is 1. The van der Waals surface area contributed by atoms with Crippen molar-refractivity contribution >= 4 is 5.91 Å². The fraction of sp³-hybridized carbons (Fsp3) is 0.333. The fourth-order valence-corrected chi connectivity index (χ4v) is 3.02. The Hall–Kier alpha value is -2.34. The first-order valence-corrected chi connectivity index (χ1v) is 7.84. The summed E-state index contributed by atoms with van der Waals surface area (Å²) in [4.78, 5) is 16.2. The predicted molar refractivity (Wildman–Crippen MR) is 83.9 cm³/mol. The highest BCUT2D eigenvalue weighted by molar-refractivity contribution is 5.79. The van der Waals surface area contributed by atoms with Crippen LogP contribution in [0.2, 0.25) is 0 Å². The first-order valence-electron chi connectivity index (χ1n) is 7.84. The Morgan fingerprint density at radius 3 is 2.58 bits per heavy atom. The summed E-state index contributed by atoms with van der Waals surface area (Å²) in [5.41, 5.74) is 1.05. The molecule has 1 heterocycles. The fourth-order valence-electron chi connectivity index (χ4n) is 3.02. The standard InChI is InChI=1S/C18H18F2N2O2/c19-13-1-2-15(16(20)10-13)18(12-8-14(23)9-12)22-17(24)7-11-3-5-21-6-4-11/h1-6,10,12,14,18,23H,7-9H2,(H,22,24)/t12?,14?,18-/m1/s1. The molecule has 1 aromatic carbocycles. The van der Waals surface area contributed by atoms with Gasteiger partial charge in [-0.2, -0.15) is 0 Å². The van der Waals surface area contributed by atoms with Crippen LogP contribution in [0.1, 0.15) is 30.0 Å². The average molecular weight is 332 g/mol. The summed E-state index contributed by atoms with van der Waals surface area (Å²) in [7, 11) is 0. The number of aliphatic hydroxyl groups excluding tert-OH is 1. The molecule has 0 aliphatic heterocycles. The molecule has 126 valence electrons. The maximum atomic E-state index is 14.1. The number of amides is 1. The minimum Gasteiger partial charge on any atom is -0.393 e. The number of carbonyl (C=O) groups excluding carboxylic acids is 1. The molecule has 0 radical (unpaired) electrons. The Morgan fingerprint density at radius 2 is 1.96 bits per heavy atom. The normalized spacial score (nSPS) is 21.0. The van der Waals surface area contributed by atoms with E-state index in [0.717, 1.165) is 11.6 Å². The molecule has 1 aliphatic carbocycles. The van der Waals surface area contributed by atoms with Crippen molar-refractivity contribution in [1.82, 2.24) is 10.3 Å². The van der Waals surface area contributed by atoms with E-state index >= 15 is 0 Å². The monoisotopic (exact) mass is 332 g/mol. The number of aromatic nitrogens is 1. The molecule has 4 nitrogen and oxygen atoms in total. The van der Waals surface area contributed by atoms with Gasteiger partial charge in [-0.25, -0.2) is 8.78 Å². The molecule has 1 amide bonds. The summed E-state index contributed by atoms with van der Waals surface area (Å²) < 4.78 is 27.3. The molecular weight excluding hydrogens is 314 g/mol. The summed E-state index contributed by atoms with van der Waals surface area (Å²) in [5, 5.41) is 12.4. The van der Waals surface area contributed by atoms with Crippen LogP contribution in [-0.2, 0) is 11.2 Å². The van der Waals surface area contributed by atoms with Gasteiger partial charge in [0.2, 0.25) is 5.91 Å². The summed E-state index contributed by atoms with van der Waals surface area (Å²) in [6.45, 7) is 0. The Balaban J connectivity index is 1.76. The van der Waals surface area contributed by atoms with E-state index in [1.807, 2.05) is 0 Å². The maximum Gasteiger partial charge on any atom is 0.224 e. The van der Waals surface area contributed by atoms with Crippen molar-refractivity contribution in [2.24, 2.45) is 5.92 Å². The van der Waals surface area contributed by atoms with Crippen LogP contribution in [0.4, 0.5) is 8.78 Å². The SMILES string of the molecule is O=C(Cc1ccncc1)N[C@@H](c1ccc(F)cc1F)C1CC(O)C1. The van der Waals surface area contributed by atoms with Crippen LogP contribution < -0.4 is 5.32 Å². The largest absolute Gasteiger partial charge is 0.393 e. The Labute approximate surface area is 138 Å². The van der Waals surface area contributed by atoms with Crippen LogP contribution in [-0.4, -0.2) is 22.1 Å². The van der Waals surface area contributed by atoms with Crippen LogP contribution >= 0.6 is 0 Å². The molecule has 2 aromatic rings. The zero-order valence-corrected chi connectivity index (χ0v) is 13.0. The molecule has 0 spiro atoms. The third-order valence-electron chi connectivity index (χ3n) is 4.35. The lowest BCUT2D eigenvalue weighted by Gasteiger charge is -2.38. The molecule has 3 rings (SSSR count). The molecule has 1 aromatic heterocycles. The average Bonchev–Trinajstić information content (AvgIpc) is 2.51. The van der Waals surface area contributed by atoms with Gasteiger partial charge in [-0.3, -0.25) is 9.78 Å². The van der Waals surface area contributed by atoms with Crippen molar-refractivity contribution in [1.29, 1.82) is 0 Å². The van der Waals surface area contributed by atoms with E-state index in [0.29, 0.717) is 12.8 Å². The first-order chi connectivity index (χ1) is 11.5. The van der Waals surface area contributed by atoms with Gasteiger partial charge >= 0.3 is 0 Å². The molecule has 24 heavy (non-hydrogen) atoms. The van der Waals surface area contributed by atoms with Gasteiger partial charge in [0.25, 0.3) is 0 Å². The molecule has 6 heteroatoms. The third kappa shape index (κ3) is 3.76. The number of pyridine rings is 1. The van der Waals surface area contributed by atoms with E-state index < -0.39 is 23.8 Å². The maximum absolute atomic E-state index is 14.1. The lowest BCUT2D eigenvalue weighted by atomic mass is 9.75. The van der Waals surface area contributed by atoms with E-state index in [4.69, 9.17) is 0 Å². The summed E-state index contributed by atoms with van der Waals surface area (Å²) in [5.74, 6) is -1.67. The summed E-state index contributed by atoms with van der Waals surface area (Å²) >= 11 is 0. The van der Waals surface area contributed by atoms with Crippen LogP contribution in [0.25, 0.3) is 0 Å². The molecule has 1 aliphatic rings. The minimum absolute atomic E-state index is 0.0682. The van der Waals surface area contributed by atoms with Crippen molar-refractivity contribution in [3.8, 4) is 0 Å². The van der Waals surface area contributed by atoms with Gasteiger partial charge in [-0.15, -0.1) is 0 Å². The van der Waals surface area contributed by atoms with E-state index in [-0.39, 0.29) is 23.8 Å².